The second-order valence-corrected chi connectivity index (χ2v) is 3.80. The normalized spacial score (nSPS) is 12.5. The van der Waals surface area contributed by atoms with Gasteiger partial charge in [0.15, 0.2) is 0 Å². The largest absolute Gasteiger partial charge is 0.487 e. The molecule has 0 saturated carbocycles. The van der Waals surface area contributed by atoms with E-state index in [0.29, 0.717) is 13.2 Å². The van der Waals surface area contributed by atoms with E-state index < -0.39 is 0 Å². The van der Waals surface area contributed by atoms with Crippen LogP contribution in [0.25, 0.3) is 0 Å². The highest BCUT2D eigenvalue weighted by Gasteiger charge is 2.07. The van der Waals surface area contributed by atoms with Gasteiger partial charge < -0.3 is 15.2 Å². The molecule has 0 radical (unpaired) electrons. The molecule has 2 N–H and O–H groups in total. The van der Waals surface area contributed by atoms with Gasteiger partial charge in [-0.2, -0.15) is 0 Å². The molecule has 0 bridgehead atoms. The summed E-state index contributed by atoms with van der Waals surface area (Å²) in [6, 6.07) is 7.64. The fourth-order valence-electron chi connectivity index (χ4n) is 1.04. The summed E-state index contributed by atoms with van der Waals surface area (Å²) in [5, 5.41) is 0. The Morgan fingerprint density at radius 2 is 2.00 bits per heavy atom. The lowest BCUT2D eigenvalue weighted by Gasteiger charge is -2.16. The van der Waals surface area contributed by atoms with Crippen molar-refractivity contribution in [3.8, 4) is 5.75 Å². The van der Waals surface area contributed by atoms with Gasteiger partial charge in [0, 0.05) is 18.1 Å². The SMILES string of the molecule is COCC(CN)Oc1ccc(Br)cc1. The maximum absolute atomic E-state index is 5.59. The van der Waals surface area contributed by atoms with Crippen molar-refractivity contribution in [2.24, 2.45) is 5.73 Å². The van der Waals surface area contributed by atoms with Crippen molar-refractivity contribution in [3.05, 3.63) is 28.7 Å². The Morgan fingerprint density at radius 3 is 2.50 bits per heavy atom. The van der Waals surface area contributed by atoms with Gasteiger partial charge in [0.25, 0.3) is 0 Å². The maximum Gasteiger partial charge on any atom is 0.134 e. The minimum atomic E-state index is -0.0822. The van der Waals surface area contributed by atoms with Crippen LogP contribution in [0.3, 0.4) is 0 Å². The van der Waals surface area contributed by atoms with E-state index in [1.54, 1.807) is 7.11 Å². The molecule has 0 saturated heterocycles. The second kappa shape index (κ2) is 6.01. The molecule has 1 unspecified atom stereocenters. The molecule has 14 heavy (non-hydrogen) atoms. The Morgan fingerprint density at radius 1 is 1.36 bits per heavy atom. The van der Waals surface area contributed by atoms with Gasteiger partial charge >= 0.3 is 0 Å². The van der Waals surface area contributed by atoms with Crippen LogP contribution in [0.2, 0.25) is 0 Å². The van der Waals surface area contributed by atoms with Crippen LogP contribution < -0.4 is 10.5 Å². The van der Waals surface area contributed by atoms with Crippen LogP contribution in [0, 0.1) is 0 Å². The lowest BCUT2D eigenvalue weighted by atomic mass is 10.3. The molecule has 0 aliphatic rings. The van der Waals surface area contributed by atoms with Crippen molar-refractivity contribution in [2.45, 2.75) is 6.10 Å². The molecular formula is C10H14BrNO2. The molecule has 4 heteroatoms. The molecule has 0 aromatic heterocycles. The Balaban J connectivity index is 2.53. The van der Waals surface area contributed by atoms with Crippen LogP contribution in [0.15, 0.2) is 28.7 Å². The zero-order valence-electron chi connectivity index (χ0n) is 8.07. The Bertz CT molecular complexity index is 263. The van der Waals surface area contributed by atoms with Crippen molar-refractivity contribution < 1.29 is 9.47 Å². The molecule has 0 fully saturated rings. The Hall–Kier alpha value is -0.580. The monoisotopic (exact) mass is 259 g/mol. The van der Waals surface area contributed by atoms with Gasteiger partial charge in [0.1, 0.15) is 11.9 Å². The second-order valence-electron chi connectivity index (χ2n) is 2.88. The van der Waals surface area contributed by atoms with Gasteiger partial charge in [-0.1, -0.05) is 15.9 Å². The average molecular weight is 260 g/mol. The maximum atomic E-state index is 5.59. The van der Waals surface area contributed by atoms with Gasteiger partial charge in [0.2, 0.25) is 0 Å². The quantitative estimate of drug-likeness (QED) is 0.878. The van der Waals surface area contributed by atoms with Crippen molar-refractivity contribution >= 4 is 15.9 Å². The van der Waals surface area contributed by atoms with E-state index in [4.69, 9.17) is 15.2 Å². The first kappa shape index (κ1) is 11.5. The number of benzene rings is 1. The van der Waals surface area contributed by atoms with Crippen molar-refractivity contribution in [2.75, 3.05) is 20.3 Å². The zero-order chi connectivity index (χ0) is 10.4. The van der Waals surface area contributed by atoms with Crippen LogP contribution in [0.5, 0.6) is 5.75 Å². The molecule has 1 rings (SSSR count). The summed E-state index contributed by atoms with van der Waals surface area (Å²) < 4.78 is 11.6. The summed E-state index contributed by atoms with van der Waals surface area (Å²) in [4.78, 5) is 0. The average Bonchev–Trinajstić information content (AvgIpc) is 2.20. The molecule has 1 aromatic rings. The predicted molar refractivity (Wildman–Crippen MR) is 59.5 cm³/mol. The first-order chi connectivity index (χ1) is 6.76. The zero-order valence-corrected chi connectivity index (χ0v) is 9.66. The Labute approximate surface area is 92.3 Å². The Kier molecular flexibility index (Phi) is 4.93. The number of rotatable bonds is 5. The number of nitrogens with two attached hydrogens (primary N) is 1. The lowest BCUT2D eigenvalue weighted by Crippen LogP contribution is -2.31. The lowest BCUT2D eigenvalue weighted by molar-refractivity contribution is 0.0860. The third kappa shape index (κ3) is 3.65. The van der Waals surface area contributed by atoms with E-state index >= 15 is 0 Å². The fraction of sp³-hybridized carbons (Fsp3) is 0.400. The molecule has 0 aliphatic carbocycles. The number of hydrogen-bond acceptors (Lipinski definition) is 3. The van der Waals surface area contributed by atoms with Gasteiger partial charge in [-0.15, -0.1) is 0 Å². The number of halogens is 1. The molecule has 3 nitrogen and oxygen atoms in total. The van der Waals surface area contributed by atoms with Gasteiger partial charge in [-0.05, 0) is 24.3 Å². The molecule has 0 spiro atoms. The van der Waals surface area contributed by atoms with E-state index in [1.807, 2.05) is 24.3 Å². The van der Waals surface area contributed by atoms with Crippen LogP contribution in [-0.2, 0) is 4.74 Å². The third-order valence-corrected chi connectivity index (χ3v) is 2.26. The van der Waals surface area contributed by atoms with E-state index in [2.05, 4.69) is 15.9 Å². The molecule has 0 amide bonds. The van der Waals surface area contributed by atoms with Crippen molar-refractivity contribution in [1.29, 1.82) is 0 Å². The topological polar surface area (TPSA) is 44.5 Å². The minimum Gasteiger partial charge on any atom is -0.487 e. The first-order valence-electron chi connectivity index (χ1n) is 4.37. The van der Waals surface area contributed by atoms with Gasteiger partial charge in [-0.25, -0.2) is 0 Å². The summed E-state index contributed by atoms with van der Waals surface area (Å²) >= 11 is 3.35. The smallest absolute Gasteiger partial charge is 0.134 e. The standard InChI is InChI=1S/C10H14BrNO2/c1-13-7-10(6-12)14-9-4-2-8(11)3-5-9/h2-5,10H,6-7,12H2,1H3. The molecule has 0 heterocycles. The molecule has 0 aliphatic heterocycles. The number of ether oxygens (including phenoxy) is 2. The molecule has 1 atom stereocenters. The summed E-state index contributed by atoms with van der Waals surface area (Å²) in [6.07, 6.45) is -0.0822. The van der Waals surface area contributed by atoms with Gasteiger partial charge in [0.05, 0.1) is 6.61 Å². The van der Waals surface area contributed by atoms with Crippen molar-refractivity contribution in [3.63, 3.8) is 0 Å². The van der Waals surface area contributed by atoms with Crippen LogP contribution in [0.1, 0.15) is 0 Å². The van der Waals surface area contributed by atoms with Crippen LogP contribution in [-0.4, -0.2) is 26.4 Å². The third-order valence-electron chi connectivity index (χ3n) is 1.73. The van der Waals surface area contributed by atoms with E-state index in [-0.39, 0.29) is 6.10 Å². The van der Waals surface area contributed by atoms with Crippen LogP contribution >= 0.6 is 15.9 Å². The van der Waals surface area contributed by atoms with Crippen LogP contribution in [0.4, 0.5) is 0 Å². The van der Waals surface area contributed by atoms with E-state index in [1.165, 1.54) is 0 Å². The first-order valence-corrected chi connectivity index (χ1v) is 5.16. The highest BCUT2D eigenvalue weighted by molar-refractivity contribution is 9.10. The molecule has 1 aromatic carbocycles. The predicted octanol–water partition coefficient (Wildman–Crippen LogP) is 1.80. The minimum absolute atomic E-state index is 0.0822. The van der Waals surface area contributed by atoms with E-state index in [9.17, 15) is 0 Å². The van der Waals surface area contributed by atoms with Gasteiger partial charge in [-0.3, -0.25) is 0 Å². The summed E-state index contributed by atoms with van der Waals surface area (Å²) in [5.74, 6) is 0.806. The number of methoxy groups -OCH3 is 1. The van der Waals surface area contributed by atoms with Crippen molar-refractivity contribution in [1.82, 2.24) is 0 Å². The summed E-state index contributed by atoms with van der Waals surface area (Å²) in [5.41, 5.74) is 5.52. The summed E-state index contributed by atoms with van der Waals surface area (Å²) in [7, 11) is 1.63. The highest BCUT2D eigenvalue weighted by atomic mass is 79.9. The summed E-state index contributed by atoms with van der Waals surface area (Å²) in [6.45, 7) is 0.955. The number of hydrogen-bond donors (Lipinski definition) is 1. The molecule has 78 valence electrons. The fourth-order valence-corrected chi connectivity index (χ4v) is 1.31. The highest BCUT2D eigenvalue weighted by Crippen LogP contribution is 2.17. The molecular weight excluding hydrogens is 246 g/mol. The van der Waals surface area contributed by atoms with E-state index in [0.717, 1.165) is 10.2 Å².